The first-order chi connectivity index (χ1) is 17.2. The number of likely N-dealkylation sites (tertiary alicyclic amines) is 1. The first kappa shape index (κ1) is 23.9. The lowest BCUT2D eigenvalue weighted by atomic mass is 9.51. The molecular weight excluding hydrogens is 480 g/mol. The first-order valence-corrected chi connectivity index (χ1v) is 14.2. The quantitative estimate of drug-likeness (QED) is 0.571. The number of carbonyl (C=O) groups is 1. The van der Waals surface area contributed by atoms with Crippen LogP contribution in [0.3, 0.4) is 0 Å². The summed E-state index contributed by atoms with van der Waals surface area (Å²) in [5.41, 5.74) is 2.30. The van der Waals surface area contributed by atoms with E-state index in [1.54, 1.807) is 13.1 Å². The number of rotatable bonds is 6. The number of phenolic OH excluding ortho intramolecular Hbond substituents is 1. The van der Waals surface area contributed by atoms with Crippen molar-refractivity contribution < 1.29 is 28.2 Å². The molecule has 8 nitrogen and oxygen atoms in total. The number of sulfonamides is 1. The Hall–Kier alpha value is -2.46. The Balaban J connectivity index is 1.45. The van der Waals surface area contributed by atoms with Crippen molar-refractivity contribution in [1.82, 2.24) is 9.21 Å². The number of phenols is 1. The molecule has 0 radical (unpaired) electrons. The minimum absolute atomic E-state index is 0.0714. The van der Waals surface area contributed by atoms with Crippen LogP contribution in [0.15, 0.2) is 36.4 Å². The fraction of sp³-hybridized carbons (Fsp3) is 0.519. The largest absolute Gasteiger partial charge is 0.504 e. The van der Waals surface area contributed by atoms with Crippen molar-refractivity contribution in [2.24, 2.45) is 5.92 Å². The predicted molar refractivity (Wildman–Crippen MR) is 134 cm³/mol. The lowest BCUT2D eigenvalue weighted by Gasteiger charge is -2.59. The molecule has 36 heavy (non-hydrogen) atoms. The number of nitrogens with zero attached hydrogens (tertiary/aromatic N) is 2. The van der Waals surface area contributed by atoms with Crippen LogP contribution in [0, 0.1) is 5.92 Å². The van der Waals surface area contributed by atoms with Gasteiger partial charge in [0.25, 0.3) is 0 Å². The van der Waals surface area contributed by atoms with Gasteiger partial charge in [-0.3, -0.25) is 4.79 Å². The lowest BCUT2D eigenvalue weighted by molar-refractivity contribution is -0.0674. The fourth-order valence-corrected chi connectivity index (χ4v) is 8.99. The first-order valence-electron chi connectivity index (χ1n) is 12.6. The standard InChI is InChI=1S/C27H32N2O6S/c1-28-11-10-27-19-8-9-20(29(2)36(33,34)15-16-6-4-3-5-7-16)26(27)35-25-23(27)17(13-21(19)28)12-18(24(25)32)22(31)14-30/h3-7,12,19-21,26,30,32H,8-11,13-15H2,1-2H3/t19-,20?,21+,26?,27-/m0/s1. The Morgan fingerprint density at radius 1 is 1.25 bits per heavy atom. The molecule has 0 amide bonds. The number of hydrogen-bond donors (Lipinski definition) is 2. The monoisotopic (exact) mass is 512 g/mol. The third-order valence-electron chi connectivity index (χ3n) is 9.22. The van der Waals surface area contributed by atoms with E-state index in [0.717, 1.165) is 42.5 Å². The van der Waals surface area contributed by atoms with Crippen LogP contribution < -0.4 is 4.74 Å². The third-order valence-corrected chi connectivity index (χ3v) is 11.1. The molecule has 4 aliphatic rings. The Bertz CT molecular complexity index is 1330. The van der Waals surface area contributed by atoms with Crippen molar-refractivity contribution in [1.29, 1.82) is 0 Å². The molecule has 2 bridgehead atoms. The normalized spacial score (nSPS) is 30.7. The zero-order chi connectivity index (χ0) is 25.4. The van der Waals surface area contributed by atoms with Crippen molar-refractivity contribution in [3.8, 4) is 11.5 Å². The smallest absolute Gasteiger partial charge is 0.218 e. The zero-order valence-electron chi connectivity index (χ0n) is 20.6. The van der Waals surface area contributed by atoms with E-state index in [1.807, 2.05) is 30.3 Å². The summed E-state index contributed by atoms with van der Waals surface area (Å²) >= 11 is 0. The molecule has 1 spiro atoms. The van der Waals surface area contributed by atoms with Gasteiger partial charge in [0, 0.05) is 24.1 Å². The summed E-state index contributed by atoms with van der Waals surface area (Å²) in [6.45, 7) is 0.153. The number of benzene rings is 2. The molecular formula is C27H32N2O6S. The average molecular weight is 513 g/mol. The molecule has 2 aliphatic heterocycles. The highest BCUT2D eigenvalue weighted by molar-refractivity contribution is 7.88. The van der Waals surface area contributed by atoms with Gasteiger partial charge in [0.2, 0.25) is 10.0 Å². The number of Topliss-reactive ketones (excluding diaryl/α,β-unsaturated/α-hetero) is 1. The highest BCUT2D eigenvalue weighted by atomic mass is 32.2. The second-order valence-electron chi connectivity index (χ2n) is 10.8. The van der Waals surface area contributed by atoms with Gasteiger partial charge in [0.15, 0.2) is 17.3 Å². The van der Waals surface area contributed by atoms with E-state index in [4.69, 9.17) is 4.74 Å². The zero-order valence-corrected chi connectivity index (χ0v) is 21.4. The molecule has 2 fully saturated rings. The average Bonchev–Trinajstić information content (AvgIpc) is 3.22. The van der Waals surface area contributed by atoms with E-state index in [9.17, 15) is 23.4 Å². The molecule has 1 saturated heterocycles. The number of piperidine rings is 1. The van der Waals surface area contributed by atoms with Gasteiger partial charge in [-0.15, -0.1) is 0 Å². The van der Waals surface area contributed by atoms with Gasteiger partial charge in [-0.05, 0) is 62.4 Å². The fourth-order valence-electron chi connectivity index (χ4n) is 7.55. The van der Waals surface area contributed by atoms with E-state index < -0.39 is 40.0 Å². The van der Waals surface area contributed by atoms with Crippen LogP contribution in [0.4, 0.5) is 0 Å². The minimum Gasteiger partial charge on any atom is -0.504 e. The summed E-state index contributed by atoms with van der Waals surface area (Å²) in [6.07, 6.45) is 2.60. The molecule has 2 N–H and O–H groups in total. The maximum Gasteiger partial charge on any atom is 0.218 e. The lowest BCUT2D eigenvalue weighted by Crippen LogP contribution is -2.68. The van der Waals surface area contributed by atoms with E-state index in [0.29, 0.717) is 12.2 Å². The number of likely N-dealkylation sites (N-methyl/N-ethyl adjacent to an activating group) is 2. The molecule has 5 atom stereocenters. The highest BCUT2D eigenvalue weighted by Crippen LogP contribution is 2.64. The van der Waals surface area contributed by atoms with Crippen molar-refractivity contribution in [2.45, 2.75) is 55.0 Å². The molecule has 6 rings (SSSR count). The predicted octanol–water partition coefficient (Wildman–Crippen LogP) is 2.07. The third kappa shape index (κ3) is 3.22. The van der Waals surface area contributed by atoms with Gasteiger partial charge in [0.05, 0.1) is 17.4 Å². The molecule has 2 aromatic carbocycles. The van der Waals surface area contributed by atoms with Crippen LogP contribution in [0.2, 0.25) is 0 Å². The van der Waals surface area contributed by atoms with E-state index in [-0.39, 0.29) is 29.0 Å². The highest BCUT2D eigenvalue weighted by Gasteiger charge is 2.66. The molecule has 2 aliphatic carbocycles. The SMILES string of the molecule is CN1CC[C@]23c4c5cc(C(=O)CO)c(O)c4OC2C(N(C)S(=O)(=O)Cc2ccccc2)CC[C@H]3[C@H]1C5. The summed E-state index contributed by atoms with van der Waals surface area (Å²) in [4.78, 5) is 14.8. The number of aliphatic hydroxyl groups excluding tert-OH is 1. The topological polar surface area (TPSA) is 107 Å². The summed E-state index contributed by atoms with van der Waals surface area (Å²) in [5.74, 6) is -0.296. The van der Waals surface area contributed by atoms with Gasteiger partial charge >= 0.3 is 0 Å². The van der Waals surface area contributed by atoms with Gasteiger partial charge in [-0.2, -0.15) is 4.31 Å². The van der Waals surface area contributed by atoms with E-state index >= 15 is 0 Å². The van der Waals surface area contributed by atoms with E-state index in [1.165, 1.54) is 4.31 Å². The maximum absolute atomic E-state index is 13.5. The second kappa shape index (κ2) is 8.28. The van der Waals surface area contributed by atoms with Crippen molar-refractivity contribution in [2.75, 3.05) is 27.2 Å². The molecule has 2 heterocycles. The molecule has 2 unspecified atom stereocenters. The molecule has 0 aromatic heterocycles. The number of carbonyl (C=O) groups excluding carboxylic acids is 1. The Morgan fingerprint density at radius 2 is 2.00 bits per heavy atom. The molecule has 192 valence electrons. The summed E-state index contributed by atoms with van der Waals surface area (Å²) in [5, 5.41) is 20.6. The molecule has 1 saturated carbocycles. The Kier molecular flexibility index (Phi) is 5.50. The molecule has 9 heteroatoms. The van der Waals surface area contributed by atoms with Crippen molar-refractivity contribution in [3.05, 3.63) is 58.7 Å². The number of ether oxygens (including phenoxy) is 1. The van der Waals surface area contributed by atoms with Crippen LogP contribution >= 0.6 is 0 Å². The minimum atomic E-state index is -3.63. The van der Waals surface area contributed by atoms with Gasteiger partial charge in [-0.1, -0.05) is 30.3 Å². The van der Waals surface area contributed by atoms with Crippen molar-refractivity contribution in [3.63, 3.8) is 0 Å². The summed E-state index contributed by atoms with van der Waals surface area (Å²) < 4.78 is 35.1. The van der Waals surface area contributed by atoms with E-state index in [2.05, 4.69) is 11.9 Å². The van der Waals surface area contributed by atoms with Crippen molar-refractivity contribution >= 4 is 15.8 Å². The van der Waals surface area contributed by atoms with Gasteiger partial charge in [0.1, 0.15) is 12.7 Å². The summed E-state index contributed by atoms with van der Waals surface area (Å²) in [6, 6.07) is 10.7. The number of hydrogen-bond acceptors (Lipinski definition) is 7. The van der Waals surface area contributed by atoms with Crippen LogP contribution in [0.25, 0.3) is 0 Å². The Morgan fingerprint density at radius 3 is 2.72 bits per heavy atom. The Labute approximate surface area is 211 Å². The number of aliphatic hydroxyl groups is 1. The summed E-state index contributed by atoms with van der Waals surface area (Å²) in [7, 11) is 0.132. The number of aromatic hydroxyl groups is 1. The second-order valence-corrected chi connectivity index (χ2v) is 12.8. The van der Waals surface area contributed by atoms with Crippen LogP contribution in [0.1, 0.15) is 46.3 Å². The molecule has 2 aromatic rings. The van der Waals surface area contributed by atoms with Gasteiger partial charge < -0.3 is 19.8 Å². The maximum atomic E-state index is 13.5. The van der Waals surface area contributed by atoms with Crippen LogP contribution in [-0.4, -0.2) is 79.1 Å². The van der Waals surface area contributed by atoms with Gasteiger partial charge in [-0.25, -0.2) is 8.42 Å². The van der Waals surface area contributed by atoms with Crippen LogP contribution in [-0.2, 0) is 27.6 Å². The van der Waals surface area contributed by atoms with Crippen LogP contribution in [0.5, 0.6) is 11.5 Å². The number of ketones is 1.